The smallest absolute Gasteiger partial charge is 0.0674 e. The van der Waals surface area contributed by atoms with Crippen LogP contribution in [-0.4, -0.2) is 4.08 Å². The van der Waals surface area contributed by atoms with Gasteiger partial charge in [0.15, 0.2) is 0 Å². The molecule has 2 aromatic rings. The number of rotatable bonds is 5. The van der Waals surface area contributed by atoms with Gasteiger partial charge in [-0.3, -0.25) is 0 Å². The van der Waals surface area contributed by atoms with Gasteiger partial charge in [-0.2, -0.15) is 0 Å². The Hall–Kier alpha value is -0.860. The predicted octanol–water partition coefficient (Wildman–Crippen LogP) is 5.70. The Morgan fingerprint density at radius 3 is 1.50 bits per heavy atom. The summed E-state index contributed by atoms with van der Waals surface area (Å²) >= 11 is 3.90. The highest BCUT2D eigenvalue weighted by Crippen LogP contribution is 2.47. The lowest BCUT2D eigenvalue weighted by Gasteiger charge is -2.27. The number of benzene rings is 2. The Labute approximate surface area is 118 Å². The van der Waals surface area contributed by atoms with Crippen molar-refractivity contribution in [2.75, 3.05) is 0 Å². The van der Waals surface area contributed by atoms with Crippen molar-refractivity contribution in [1.82, 2.24) is 0 Å². The molecule has 0 aliphatic carbocycles. The molecular formula is C16H18S2. The maximum Gasteiger partial charge on any atom is 0.0674 e. The van der Waals surface area contributed by atoms with Crippen molar-refractivity contribution in [2.45, 2.75) is 34.1 Å². The molecule has 18 heavy (non-hydrogen) atoms. The third-order valence-corrected chi connectivity index (χ3v) is 5.75. The Bertz CT molecular complexity index is 423. The number of thioether (sulfide) groups is 2. The maximum absolute atomic E-state index is 2.32. The normalized spacial score (nSPS) is 11.4. The summed E-state index contributed by atoms with van der Waals surface area (Å²) < 4.78 is 0.183. The van der Waals surface area contributed by atoms with Crippen molar-refractivity contribution < 1.29 is 0 Å². The fourth-order valence-electron chi connectivity index (χ4n) is 1.64. The van der Waals surface area contributed by atoms with E-state index in [0.717, 1.165) is 6.42 Å². The van der Waals surface area contributed by atoms with E-state index in [-0.39, 0.29) is 4.08 Å². The summed E-state index contributed by atoms with van der Waals surface area (Å²) in [6, 6.07) is 21.3. The van der Waals surface area contributed by atoms with Gasteiger partial charge >= 0.3 is 0 Å². The Morgan fingerprint density at radius 2 is 1.17 bits per heavy atom. The molecule has 0 aliphatic heterocycles. The molecule has 2 aromatic carbocycles. The molecule has 0 fully saturated rings. The molecule has 0 unspecified atom stereocenters. The minimum absolute atomic E-state index is 0.183. The third kappa shape index (κ3) is 3.82. The van der Waals surface area contributed by atoms with Crippen LogP contribution in [0.15, 0.2) is 70.5 Å². The van der Waals surface area contributed by atoms with Gasteiger partial charge in [0.2, 0.25) is 0 Å². The first kappa shape index (κ1) is 13.6. The second-order valence-corrected chi connectivity index (χ2v) is 7.73. The third-order valence-electron chi connectivity index (χ3n) is 2.80. The molecule has 0 aliphatic rings. The van der Waals surface area contributed by atoms with Gasteiger partial charge in [-0.05, 0) is 37.6 Å². The molecule has 0 saturated heterocycles. The van der Waals surface area contributed by atoms with Crippen LogP contribution in [0.2, 0.25) is 0 Å². The first-order valence-corrected chi connectivity index (χ1v) is 7.83. The van der Waals surface area contributed by atoms with Crippen LogP contribution in [0.3, 0.4) is 0 Å². The van der Waals surface area contributed by atoms with E-state index in [2.05, 4.69) is 74.5 Å². The first-order valence-electron chi connectivity index (χ1n) is 6.20. The SMILES string of the molecule is CCC(C)(Sc1ccccc1)Sc1ccccc1. The van der Waals surface area contributed by atoms with Crippen molar-refractivity contribution in [3.8, 4) is 0 Å². The van der Waals surface area contributed by atoms with Crippen molar-refractivity contribution in [2.24, 2.45) is 0 Å². The standard InChI is InChI=1S/C16H18S2/c1-3-16(2,17-14-10-6-4-7-11-14)18-15-12-8-5-9-13-15/h4-13H,3H2,1-2H3. The van der Waals surface area contributed by atoms with E-state index in [1.54, 1.807) is 0 Å². The summed E-state index contributed by atoms with van der Waals surface area (Å²) in [5.74, 6) is 0. The van der Waals surface area contributed by atoms with Crippen LogP contribution < -0.4 is 0 Å². The van der Waals surface area contributed by atoms with Crippen LogP contribution in [0.25, 0.3) is 0 Å². The molecule has 0 bridgehead atoms. The number of hydrogen-bond acceptors (Lipinski definition) is 2. The molecular weight excluding hydrogens is 256 g/mol. The van der Waals surface area contributed by atoms with Gasteiger partial charge in [-0.25, -0.2) is 0 Å². The molecule has 0 amide bonds. The van der Waals surface area contributed by atoms with Crippen molar-refractivity contribution in [1.29, 1.82) is 0 Å². The van der Waals surface area contributed by atoms with Gasteiger partial charge < -0.3 is 0 Å². The highest BCUT2D eigenvalue weighted by molar-refractivity contribution is 8.18. The molecule has 0 N–H and O–H groups in total. The molecule has 0 aromatic heterocycles. The van der Waals surface area contributed by atoms with Crippen LogP contribution in [0.4, 0.5) is 0 Å². The zero-order valence-electron chi connectivity index (χ0n) is 10.8. The highest BCUT2D eigenvalue weighted by atomic mass is 32.2. The minimum atomic E-state index is 0.183. The van der Waals surface area contributed by atoms with E-state index < -0.39 is 0 Å². The molecule has 0 saturated carbocycles. The van der Waals surface area contributed by atoms with Gasteiger partial charge in [0.1, 0.15) is 0 Å². The summed E-state index contributed by atoms with van der Waals surface area (Å²) in [4.78, 5) is 2.68. The van der Waals surface area contributed by atoms with Crippen LogP contribution in [0.5, 0.6) is 0 Å². The average Bonchev–Trinajstić information content (AvgIpc) is 2.41. The Morgan fingerprint density at radius 1 is 0.778 bits per heavy atom. The molecule has 0 nitrogen and oxygen atoms in total. The van der Waals surface area contributed by atoms with Crippen molar-refractivity contribution in [3.63, 3.8) is 0 Å². The van der Waals surface area contributed by atoms with E-state index in [4.69, 9.17) is 0 Å². The average molecular weight is 274 g/mol. The van der Waals surface area contributed by atoms with Crippen LogP contribution in [-0.2, 0) is 0 Å². The molecule has 2 heteroatoms. The Kier molecular flexibility index (Phi) is 4.79. The summed E-state index contributed by atoms with van der Waals surface area (Å²) in [7, 11) is 0. The summed E-state index contributed by atoms with van der Waals surface area (Å²) in [5, 5.41) is 0. The molecule has 94 valence electrons. The van der Waals surface area contributed by atoms with E-state index in [1.165, 1.54) is 9.79 Å². The van der Waals surface area contributed by atoms with Gasteiger partial charge in [0.05, 0.1) is 4.08 Å². The van der Waals surface area contributed by atoms with Crippen molar-refractivity contribution >= 4 is 23.5 Å². The maximum atomic E-state index is 2.32. The monoisotopic (exact) mass is 274 g/mol. The zero-order valence-corrected chi connectivity index (χ0v) is 12.4. The zero-order chi connectivity index (χ0) is 12.8. The summed E-state index contributed by atoms with van der Waals surface area (Å²) in [6.07, 6.45) is 1.13. The quantitative estimate of drug-likeness (QED) is 0.507. The minimum Gasteiger partial charge on any atom is -0.108 e. The van der Waals surface area contributed by atoms with E-state index in [0.29, 0.717) is 0 Å². The fourth-order valence-corrected chi connectivity index (χ4v) is 4.26. The lowest BCUT2D eigenvalue weighted by atomic mass is 10.3. The van der Waals surface area contributed by atoms with Gasteiger partial charge in [-0.15, -0.1) is 23.5 Å². The molecule has 2 rings (SSSR count). The van der Waals surface area contributed by atoms with Gasteiger partial charge in [0, 0.05) is 9.79 Å². The Balaban J connectivity index is 2.11. The molecule has 0 spiro atoms. The first-order chi connectivity index (χ1) is 8.72. The second-order valence-electron chi connectivity index (χ2n) is 4.32. The van der Waals surface area contributed by atoms with Gasteiger partial charge in [-0.1, -0.05) is 43.3 Å². The second kappa shape index (κ2) is 6.35. The van der Waals surface area contributed by atoms with Gasteiger partial charge in [0.25, 0.3) is 0 Å². The highest BCUT2D eigenvalue weighted by Gasteiger charge is 2.24. The van der Waals surface area contributed by atoms with Crippen LogP contribution >= 0.6 is 23.5 Å². The topological polar surface area (TPSA) is 0 Å². The lowest BCUT2D eigenvalue weighted by molar-refractivity contribution is 0.845. The predicted molar refractivity (Wildman–Crippen MR) is 83.3 cm³/mol. The molecule has 0 atom stereocenters. The molecule has 0 radical (unpaired) electrons. The van der Waals surface area contributed by atoms with Crippen molar-refractivity contribution in [3.05, 3.63) is 60.7 Å². The van der Waals surface area contributed by atoms with E-state index >= 15 is 0 Å². The number of hydrogen-bond donors (Lipinski definition) is 0. The summed E-state index contributed by atoms with van der Waals surface area (Å²) in [5.41, 5.74) is 0. The summed E-state index contributed by atoms with van der Waals surface area (Å²) in [6.45, 7) is 4.58. The van der Waals surface area contributed by atoms with Crippen LogP contribution in [0, 0.1) is 0 Å². The lowest BCUT2D eigenvalue weighted by Crippen LogP contribution is -2.12. The van der Waals surface area contributed by atoms with E-state index in [1.807, 2.05) is 23.5 Å². The van der Waals surface area contributed by atoms with Crippen LogP contribution in [0.1, 0.15) is 20.3 Å². The van der Waals surface area contributed by atoms with E-state index in [9.17, 15) is 0 Å². The molecule has 0 heterocycles. The fraction of sp³-hybridized carbons (Fsp3) is 0.250. The largest absolute Gasteiger partial charge is 0.108 e.